The highest BCUT2D eigenvalue weighted by atomic mass is 14.9. The maximum Gasteiger partial charge on any atom is 0.0208 e. The monoisotopic (exact) mass is 231 g/mol. The van der Waals surface area contributed by atoms with Crippen molar-refractivity contribution in [2.24, 2.45) is 5.92 Å². The van der Waals surface area contributed by atoms with Gasteiger partial charge in [0.25, 0.3) is 0 Å². The molecule has 0 unspecified atom stereocenters. The van der Waals surface area contributed by atoms with Crippen LogP contribution in [0, 0.1) is 5.92 Å². The molecule has 2 rings (SSSR count). The summed E-state index contributed by atoms with van der Waals surface area (Å²) in [6, 6.07) is 9.89. The first-order valence-electron chi connectivity index (χ1n) is 7.05. The van der Waals surface area contributed by atoms with Crippen molar-refractivity contribution in [3.8, 4) is 0 Å². The Morgan fingerprint density at radius 3 is 2.24 bits per heavy atom. The summed E-state index contributed by atoms with van der Waals surface area (Å²) in [6.45, 7) is 5.58. The van der Waals surface area contributed by atoms with Gasteiger partial charge in [-0.1, -0.05) is 51.0 Å². The van der Waals surface area contributed by atoms with Gasteiger partial charge in [-0.05, 0) is 36.3 Å². The maximum atomic E-state index is 3.66. The van der Waals surface area contributed by atoms with Gasteiger partial charge in [-0.2, -0.15) is 0 Å². The fourth-order valence-electron chi connectivity index (χ4n) is 2.66. The number of hydrogen-bond acceptors (Lipinski definition) is 1. The van der Waals surface area contributed by atoms with E-state index < -0.39 is 0 Å². The molecule has 1 fully saturated rings. The van der Waals surface area contributed by atoms with E-state index in [0.717, 1.165) is 18.5 Å². The molecule has 0 heterocycles. The number of rotatable bonds is 5. The van der Waals surface area contributed by atoms with E-state index in [2.05, 4.69) is 43.4 Å². The second-order valence-electron chi connectivity index (χ2n) is 5.78. The Hall–Kier alpha value is -0.820. The lowest BCUT2D eigenvalue weighted by molar-refractivity contribution is 0.524. The molecule has 0 atom stereocenters. The highest BCUT2D eigenvalue weighted by Gasteiger charge is 2.13. The predicted molar refractivity (Wildman–Crippen MR) is 74.1 cm³/mol. The van der Waals surface area contributed by atoms with Gasteiger partial charge in [0.05, 0.1) is 0 Å². The molecular formula is C16H25N. The van der Waals surface area contributed by atoms with E-state index in [-0.39, 0.29) is 0 Å². The fraction of sp³-hybridized carbons (Fsp3) is 0.625. The minimum Gasteiger partial charge on any atom is -0.310 e. The van der Waals surface area contributed by atoms with Crippen LogP contribution in [0.4, 0.5) is 0 Å². The highest BCUT2D eigenvalue weighted by molar-refractivity contribution is 5.22. The molecule has 0 aliphatic heterocycles. The number of hydrogen-bond donors (Lipinski definition) is 1. The quantitative estimate of drug-likeness (QED) is 0.810. The molecule has 0 bridgehead atoms. The standard InChI is InChI=1S/C16H25N/c1-13(2)11-14-7-9-15(10-8-14)12-17-16-5-3-4-6-16/h7-10,13,16-17H,3-6,11-12H2,1-2H3. The van der Waals surface area contributed by atoms with Crippen molar-refractivity contribution in [2.45, 2.75) is 58.5 Å². The lowest BCUT2D eigenvalue weighted by Crippen LogP contribution is -2.25. The topological polar surface area (TPSA) is 12.0 Å². The van der Waals surface area contributed by atoms with Crippen molar-refractivity contribution in [1.82, 2.24) is 5.32 Å². The Bertz CT molecular complexity index is 320. The van der Waals surface area contributed by atoms with E-state index in [1.807, 2.05) is 0 Å². The van der Waals surface area contributed by atoms with Gasteiger partial charge in [0.15, 0.2) is 0 Å². The number of benzene rings is 1. The molecule has 0 amide bonds. The Morgan fingerprint density at radius 1 is 1.06 bits per heavy atom. The van der Waals surface area contributed by atoms with Gasteiger partial charge in [-0.25, -0.2) is 0 Å². The lowest BCUT2D eigenvalue weighted by Gasteiger charge is -2.12. The number of nitrogens with one attached hydrogen (secondary N) is 1. The van der Waals surface area contributed by atoms with Crippen LogP contribution in [-0.4, -0.2) is 6.04 Å². The Morgan fingerprint density at radius 2 is 1.65 bits per heavy atom. The van der Waals surface area contributed by atoms with Gasteiger partial charge >= 0.3 is 0 Å². The molecular weight excluding hydrogens is 206 g/mol. The molecule has 1 N–H and O–H groups in total. The molecule has 1 aromatic carbocycles. The Labute approximate surface area is 106 Å². The summed E-state index contributed by atoms with van der Waals surface area (Å²) in [5.74, 6) is 0.748. The minimum atomic E-state index is 0.748. The third-order valence-electron chi connectivity index (χ3n) is 3.62. The SMILES string of the molecule is CC(C)Cc1ccc(CNC2CCCC2)cc1. The molecule has 94 valence electrons. The largest absolute Gasteiger partial charge is 0.310 e. The zero-order chi connectivity index (χ0) is 12.1. The average molecular weight is 231 g/mol. The molecule has 0 radical (unpaired) electrons. The van der Waals surface area contributed by atoms with Crippen LogP contribution in [-0.2, 0) is 13.0 Å². The van der Waals surface area contributed by atoms with Crippen LogP contribution in [0.25, 0.3) is 0 Å². The Balaban J connectivity index is 1.80. The highest BCUT2D eigenvalue weighted by Crippen LogP contribution is 2.18. The van der Waals surface area contributed by atoms with Crippen LogP contribution >= 0.6 is 0 Å². The second kappa shape index (κ2) is 6.20. The first-order valence-corrected chi connectivity index (χ1v) is 7.05. The van der Waals surface area contributed by atoms with Crippen LogP contribution in [0.15, 0.2) is 24.3 Å². The van der Waals surface area contributed by atoms with Crippen molar-refractivity contribution in [2.75, 3.05) is 0 Å². The van der Waals surface area contributed by atoms with Gasteiger partial charge in [-0.15, -0.1) is 0 Å². The summed E-state index contributed by atoms with van der Waals surface area (Å²) in [5.41, 5.74) is 2.88. The van der Waals surface area contributed by atoms with Crippen molar-refractivity contribution < 1.29 is 0 Å². The molecule has 1 nitrogen and oxygen atoms in total. The lowest BCUT2D eigenvalue weighted by atomic mass is 10.0. The molecule has 1 heteroatoms. The third kappa shape index (κ3) is 4.16. The molecule has 1 aliphatic carbocycles. The van der Waals surface area contributed by atoms with Crippen LogP contribution < -0.4 is 5.32 Å². The van der Waals surface area contributed by atoms with Gasteiger partial charge in [0, 0.05) is 12.6 Å². The van der Waals surface area contributed by atoms with Crippen molar-refractivity contribution in [3.05, 3.63) is 35.4 Å². The van der Waals surface area contributed by atoms with E-state index in [9.17, 15) is 0 Å². The molecule has 1 saturated carbocycles. The zero-order valence-electron chi connectivity index (χ0n) is 11.2. The first kappa shape index (κ1) is 12.6. The van der Waals surface area contributed by atoms with Gasteiger partial charge < -0.3 is 5.32 Å². The molecule has 0 saturated heterocycles. The van der Waals surface area contributed by atoms with Crippen LogP contribution in [0.5, 0.6) is 0 Å². The maximum absolute atomic E-state index is 3.66. The van der Waals surface area contributed by atoms with Gasteiger partial charge in [0.2, 0.25) is 0 Å². The third-order valence-corrected chi connectivity index (χ3v) is 3.62. The van der Waals surface area contributed by atoms with Crippen molar-refractivity contribution >= 4 is 0 Å². The summed E-state index contributed by atoms with van der Waals surface area (Å²) < 4.78 is 0. The van der Waals surface area contributed by atoms with Crippen molar-refractivity contribution in [1.29, 1.82) is 0 Å². The second-order valence-corrected chi connectivity index (χ2v) is 5.78. The summed E-state index contributed by atoms with van der Waals surface area (Å²) in [4.78, 5) is 0. The van der Waals surface area contributed by atoms with E-state index in [1.165, 1.54) is 43.2 Å². The summed E-state index contributed by atoms with van der Waals surface area (Å²) in [6.07, 6.45) is 6.74. The average Bonchev–Trinajstić information content (AvgIpc) is 2.80. The fourth-order valence-corrected chi connectivity index (χ4v) is 2.66. The first-order chi connectivity index (χ1) is 8.24. The normalized spacial score (nSPS) is 16.9. The van der Waals surface area contributed by atoms with E-state index in [1.54, 1.807) is 0 Å². The zero-order valence-corrected chi connectivity index (χ0v) is 11.2. The van der Waals surface area contributed by atoms with Gasteiger partial charge in [-0.3, -0.25) is 0 Å². The van der Waals surface area contributed by atoms with Crippen molar-refractivity contribution in [3.63, 3.8) is 0 Å². The van der Waals surface area contributed by atoms with Crippen LogP contribution in [0.2, 0.25) is 0 Å². The summed E-state index contributed by atoms with van der Waals surface area (Å²) in [5, 5.41) is 3.66. The smallest absolute Gasteiger partial charge is 0.0208 e. The minimum absolute atomic E-state index is 0.748. The van der Waals surface area contributed by atoms with E-state index >= 15 is 0 Å². The van der Waals surface area contributed by atoms with Crippen LogP contribution in [0.3, 0.4) is 0 Å². The molecule has 1 aromatic rings. The molecule has 1 aliphatic rings. The molecule has 0 aromatic heterocycles. The van der Waals surface area contributed by atoms with E-state index in [0.29, 0.717) is 0 Å². The van der Waals surface area contributed by atoms with E-state index in [4.69, 9.17) is 0 Å². The Kier molecular flexibility index (Phi) is 4.61. The van der Waals surface area contributed by atoms with Gasteiger partial charge in [0.1, 0.15) is 0 Å². The molecule has 0 spiro atoms. The summed E-state index contributed by atoms with van der Waals surface area (Å²) in [7, 11) is 0. The van der Waals surface area contributed by atoms with Crippen LogP contribution in [0.1, 0.15) is 50.7 Å². The summed E-state index contributed by atoms with van der Waals surface area (Å²) >= 11 is 0. The predicted octanol–water partition coefficient (Wildman–Crippen LogP) is 3.92. The molecule has 17 heavy (non-hydrogen) atoms.